The highest BCUT2D eigenvalue weighted by atomic mass is 35.5. The summed E-state index contributed by atoms with van der Waals surface area (Å²) >= 11 is 12.4. The van der Waals surface area contributed by atoms with Crippen LogP contribution >= 0.6 is 23.2 Å². The highest BCUT2D eigenvalue weighted by molar-refractivity contribution is 7.87. The molecular weight excluding hydrogens is 511 g/mol. The fourth-order valence-corrected chi connectivity index (χ4v) is 4.93. The van der Waals surface area contributed by atoms with Crippen LogP contribution in [0.3, 0.4) is 0 Å². The van der Waals surface area contributed by atoms with E-state index in [9.17, 15) is 18.0 Å². The maximum Gasteiger partial charge on any atom is 0.339 e. The van der Waals surface area contributed by atoms with Crippen molar-refractivity contribution in [2.24, 2.45) is 0 Å². The fraction of sp³-hybridized carbons (Fsp3) is 0.200. The summed E-state index contributed by atoms with van der Waals surface area (Å²) in [6, 6.07) is 17.0. The van der Waals surface area contributed by atoms with E-state index in [4.69, 9.17) is 27.4 Å². The topological polar surface area (TPSA) is 92.8 Å². The second-order valence-electron chi connectivity index (χ2n) is 8.14. The lowest BCUT2D eigenvalue weighted by molar-refractivity contribution is -0.114. The average molecular weight is 533 g/mol. The van der Waals surface area contributed by atoms with E-state index in [1.807, 2.05) is 0 Å². The third-order valence-corrected chi connectivity index (χ3v) is 7.19. The molecule has 0 aliphatic heterocycles. The summed E-state index contributed by atoms with van der Waals surface area (Å²) in [5.74, 6) is -0.451. The van der Waals surface area contributed by atoms with Gasteiger partial charge in [0.05, 0.1) is 17.1 Å². The number of nitrogens with one attached hydrogen (secondary N) is 1. The summed E-state index contributed by atoms with van der Waals surface area (Å²) in [5.41, 5.74) is 1.28. The number of carbonyl (C=O) groups is 2. The first kappa shape index (κ1) is 25.0. The van der Waals surface area contributed by atoms with Gasteiger partial charge in [0.25, 0.3) is 5.91 Å². The summed E-state index contributed by atoms with van der Waals surface area (Å²) in [5, 5.41) is 3.30. The Balaban J connectivity index is 1.60. The van der Waals surface area contributed by atoms with Gasteiger partial charge in [-0.1, -0.05) is 35.3 Å². The average Bonchev–Trinajstić information content (AvgIpc) is 3.64. The summed E-state index contributed by atoms with van der Waals surface area (Å²) in [6.07, 6.45) is 1.68. The molecule has 4 rings (SSSR count). The molecule has 0 saturated heterocycles. The normalized spacial score (nSPS) is 13.2. The van der Waals surface area contributed by atoms with E-state index in [2.05, 4.69) is 5.32 Å². The molecule has 0 heterocycles. The molecule has 1 saturated carbocycles. The first-order valence-corrected chi connectivity index (χ1v) is 13.0. The van der Waals surface area contributed by atoms with Crippen molar-refractivity contribution in [2.45, 2.75) is 37.2 Å². The predicted octanol–water partition coefficient (Wildman–Crippen LogP) is 5.52. The largest absolute Gasteiger partial charge is 0.379 e. The van der Waals surface area contributed by atoms with Gasteiger partial charge in [-0.3, -0.25) is 9.59 Å². The lowest BCUT2D eigenvalue weighted by Crippen LogP contribution is -2.33. The second kappa shape index (κ2) is 10.3. The summed E-state index contributed by atoms with van der Waals surface area (Å²) in [7, 11) is -4.19. The van der Waals surface area contributed by atoms with Crippen LogP contribution in [0.2, 0.25) is 10.0 Å². The Bertz CT molecular complexity index is 1370. The molecule has 1 N–H and O–H groups in total. The van der Waals surface area contributed by atoms with Crippen LogP contribution in [-0.2, 0) is 21.5 Å². The van der Waals surface area contributed by atoms with Crippen molar-refractivity contribution in [1.29, 1.82) is 0 Å². The van der Waals surface area contributed by atoms with Gasteiger partial charge in [-0.15, -0.1) is 0 Å². The Morgan fingerprint density at radius 1 is 1.03 bits per heavy atom. The van der Waals surface area contributed by atoms with Crippen LogP contribution in [0.25, 0.3) is 0 Å². The predicted molar refractivity (Wildman–Crippen MR) is 134 cm³/mol. The van der Waals surface area contributed by atoms with Crippen LogP contribution in [0.1, 0.15) is 35.7 Å². The van der Waals surface area contributed by atoms with Crippen LogP contribution in [0.5, 0.6) is 5.75 Å². The van der Waals surface area contributed by atoms with E-state index >= 15 is 0 Å². The van der Waals surface area contributed by atoms with Crippen LogP contribution in [0.4, 0.5) is 5.69 Å². The molecule has 0 bridgehead atoms. The number of rotatable bonds is 8. The maximum atomic E-state index is 13.3. The van der Waals surface area contributed by atoms with Gasteiger partial charge in [0.2, 0.25) is 5.91 Å². The maximum absolute atomic E-state index is 13.3. The molecule has 1 aliphatic carbocycles. The van der Waals surface area contributed by atoms with Crippen molar-refractivity contribution >= 4 is 50.8 Å². The monoisotopic (exact) mass is 532 g/mol. The van der Waals surface area contributed by atoms with Crippen molar-refractivity contribution in [1.82, 2.24) is 4.90 Å². The molecule has 3 aromatic carbocycles. The minimum absolute atomic E-state index is 0.0172. The molecule has 7 nitrogen and oxygen atoms in total. The van der Waals surface area contributed by atoms with Crippen LogP contribution in [0, 0.1) is 0 Å². The number of amides is 2. The lowest BCUT2D eigenvalue weighted by Gasteiger charge is -2.24. The molecule has 0 unspecified atom stereocenters. The molecule has 3 aromatic rings. The van der Waals surface area contributed by atoms with Gasteiger partial charge in [-0.05, 0) is 67.4 Å². The van der Waals surface area contributed by atoms with Crippen molar-refractivity contribution in [3.05, 3.63) is 87.9 Å². The number of hydrogen-bond acceptors (Lipinski definition) is 5. The first-order chi connectivity index (χ1) is 16.6. The highest BCUT2D eigenvalue weighted by Crippen LogP contribution is 2.34. The van der Waals surface area contributed by atoms with E-state index in [1.165, 1.54) is 43.3 Å². The first-order valence-electron chi connectivity index (χ1n) is 10.8. The fourth-order valence-electron chi connectivity index (χ4n) is 3.55. The van der Waals surface area contributed by atoms with Crippen molar-refractivity contribution in [3.8, 4) is 5.75 Å². The van der Waals surface area contributed by atoms with Crippen molar-refractivity contribution in [2.75, 3.05) is 5.32 Å². The Hall–Kier alpha value is -3.07. The zero-order valence-corrected chi connectivity index (χ0v) is 21.0. The van der Waals surface area contributed by atoms with Gasteiger partial charge < -0.3 is 14.4 Å². The zero-order chi connectivity index (χ0) is 25.2. The van der Waals surface area contributed by atoms with Crippen LogP contribution in [-0.4, -0.2) is 31.2 Å². The Morgan fingerprint density at radius 2 is 1.71 bits per heavy atom. The molecule has 35 heavy (non-hydrogen) atoms. The molecule has 10 heteroatoms. The smallest absolute Gasteiger partial charge is 0.339 e. The van der Waals surface area contributed by atoms with Crippen molar-refractivity contribution < 1.29 is 22.2 Å². The van der Waals surface area contributed by atoms with E-state index < -0.39 is 10.1 Å². The number of hydrogen-bond donors (Lipinski definition) is 1. The molecule has 0 aromatic heterocycles. The molecule has 0 spiro atoms. The van der Waals surface area contributed by atoms with Gasteiger partial charge in [0, 0.05) is 29.2 Å². The van der Waals surface area contributed by atoms with Gasteiger partial charge in [-0.2, -0.15) is 8.42 Å². The number of anilines is 1. The van der Waals surface area contributed by atoms with E-state index in [1.54, 1.807) is 35.2 Å². The Morgan fingerprint density at radius 3 is 2.34 bits per heavy atom. The minimum atomic E-state index is -4.19. The third-order valence-electron chi connectivity index (χ3n) is 5.38. The number of carbonyl (C=O) groups excluding carboxylic acids is 2. The van der Waals surface area contributed by atoms with Gasteiger partial charge in [-0.25, -0.2) is 0 Å². The Labute approximate surface area is 213 Å². The third kappa shape index (κ3) is 6.14. The van der Waals surface area contributed by atoms with E-state index in [0.29, 0.717) is 26.9 Å². The SMILES string of the molecule is CC(=O)Nc1ccc(S(=O)(=O)Oc2ccc(Cl)cc2CN(C(=O)c2ccccc2Cl)C2CC2)cc1. The van der Waals surface area contributed by atoms with E-state index in [-0.39, 0.29) is 35.0 Å². The molecule has 0 atom stereocenters. The quantitative estimate of drug-likeness (QED) is 0.385. The van der Waals surface area contributed by atoms with E-state index in [0.717, 1.165) is 12.8 Å². The van der Waals surface area contributed by atoms with Gasteiger partial charge >= 0.3 is 10.1 Å². The standard InChI is InChI=1S/C25H22Cl2N2O5S/c1-16(30)28-19-7-11-21(12-8-19)35(32,33)34-24-13-6-18(26)14-17(24)15-29(20-9-10-20)25(31)22-4-2-3-5-23(22)27/h2-8,11-14,20H,9-10,15H2,1H3,(H,28,30). The van der Waals surface area contributed by atoms with Gasteiger partial charge in [0.15, 0.2) is 0 Å². The summed E-state index contributed by atoms with van der Waals surface area (Å²) in [4.78, 5) is 26.1. The van der Waals surface area contributed by atoms with Crippen LogP contribution in [0.15, 0.2) is 71.6 Å². The molecule has 0 radical (unpaired) electrons. The summed E-state index contributed by atoms with van der Waals surface area (Å²) < 4.78 is 31.4. The highest BCUT2D eigenvalue weighted by Gasteiger charge is 2.34. The number of nitrogens with zero attached hydrogens (tertiary/aromatic N) is 1. The van der Waals surface area contributed by atoms with Crippen molar-refractivity contribution in [3.63, 3.8) is 0 Å². The molecule has 1 aliphatic rings. The molecule has 2 amide bonds. The summed E-state index contributed by atoms with van der Waals surface area (Å²) in [6.45, 7) is 1.46. The second-order valence-corrected chi connectivity index (χ2v) is 10.5. The Kier molecular flexibility index (Phi) is 7.35. The zero-order valence-electron chi connectivity index (χ0n) is 18.7. The molecular formula is C25H22Cl2N2O5S. The number of halogens is 2. The lowest BCUT2D eigenvalue weighted by atomic mass is 10.1. The molecule has 1 fully saturated rings. The minimum Gasteiger partial charge on any atom is -0.379 e. The molecule has 182 valence electrons. The van der Waals surface area contributed by atoms with Crippen LogP contribution < -0.4 is 9.50 Å². The van der Waals surface area contributed by atoms with Gasteiger partial charge in [0.1, 0.15) is 10.6 Å². The number of benzene rings is 3.